The Bertz CT molecular complexity index is 630. The highest BCUT2D eigenvalue weighted by molar-refractivity contribution is 5.83. The highest BCUT2D eigenvalue weighted by Gasteiger charge is 2.60. The first-order valence-electron chi connectivity index (χ1n) is 7.42. The van der Waals surface area contributed by atoms with Crippen molar-refractivity contribution in [3.05, 3.63) is 48.0 Å². The molecule has 1 aliphatic heterocycles. The monoisotopic (exact) mass is 251 g/mol. The Balaban J connectivity index is 1.72. The van der Waals surface area contributed by atoms with Crippen LogP contribution in [0.25, 0.3) is 10.8 Å². The van der Waals surface area contributed by atoms with Crippen LogP contribution in [0.2, 0.25) is 0 Å². The Morgan fingerprint density at radius 2 is 1.89 bits per heavy atom. The molecule has 0 aromatic heterocycles. The molecule has 2 aromatic rings. The van der Waals surface area contributed by atoms with E-state index in [1.165, 1.54) is 30.3 Å². The lowest BCUT2D eigenvalue weighted by Crippen LogP contribution is -2.32. The summed E-state index contributed by atoms with van der Waals surface area (Å²) in [4.78, 5) is 2.64. The van der Waals surface area contributed by atoms with E-state index in [-0.39, 0.29) is 0 Å². The molecule has 1 saturated carbocycles. The van der Waals surface area contributed by atoms with Crippen LogP contribution in [-0.2, 0) is 5.41 Å². The molecule has 2 aliphatic rings. The summed E-state index contributed by atoms with van der Waals surface area (Å²) in [5.41, 5.74) is 2.05. The van der Waals surface area contributed by atoms with E-state index in [0.29, 0.717) is 11.5 Å². The highest BCUT2D eigenvalue weighted by atomic mass is 15.2. The largest absolute Gasteiger partial charge is 0.300 e. The molecule has 0 bridgehead atoms. The number of hydrogen-bond acceptors (Lipinski definition) is 1. The summed E-state index contributed by atoms with van der Waals surface area (Å²) in [6.45, 7) is 7.19. The molecule has 0 unspecified atom stereocenters. The highest BCUT2D eigenvalue weighted by Crippen LogP contribution is 2.59. The van der Waals surface area contributed by atoms with Gasteiger partial charge in [0.05, 0.1) is 0 Å². The first-order chi connectivity index (χ1) is 9.19. The van der Waals surface area contributed by atoms with Crippen molar-refractivity contribution in [3.8, 4) is 0 Å². The van der Waals surface area contributed by atoms with Crippen LogP contribution in [0, 0.1) is 5.92 Å². The number of fused-ring (bicyclic) bond motifs is 2. The topological polar surface area (TPSA) is 3.24 Å². The zero-order chi connectivity index (χ0) is 13.0. The van der Waals surface area contributed by atoms with Gasteiger partial charge in [0.2, 0.25) is 0 Å². The lowest BCUT2D eigenvalue weighted by Gasteiger charge is -2.24. The van der Waals surface area contributed by atoms with Gasteiger partial charge < -0.3 is 0 Å². The van der Waals surface area contributed by atoms with E-state index in [0.717, 1.165) is 5.92 Å². The normalized spacial score (nSPS) is 29.9. The third-order valence-electron chi connectivity index (χ3n) is 5.23. The number of rotatable bonds is 2. The molecule has 1 heterocycles. The molecular weight excluding hydrogens is 230 g/mol. The van der Waals surface area contributed by atoms with Gasteiger partial charge in [-0.25, -0.2) is 0 Å². The fourth-order valence-electron chi connectivity index (χ4n) is 3.86. The van der Waals surface area contributed by atoms with Crippen molar-refractivity contribution in [1.82, 2.24) is 4.90 Å². The average molecular weight is 251 g/mol. The first kappa shape index (κ1) is 11.5. The van der Waals surface area contributed by atoms with E-state index in [1.807, 2.05) is 0 Å². The van der Waals surface area contributed by atoms with Gasteiger partial charge in [-0.3, -0.25) is 4.90 Å². The summed E-state index contributed by atoms with van der Waals surface area (Å²) >= 11 is 0. The van der Waals surface area contributed by atoms with E-state index >= 15 is 0 Å². The van der Waals surface area contributed by atoms with Crippen molar-refractivity contribution in [3.63, 3.8) is 0 Å². The lowest BCUT2D eigenvalue weighted by molar-refractivity contribution is 0.243. The molecule has 2 atom stereocenters. The van der Waals surface area contributed by atoms with Gasteiger partial charge in [-0.05, 0) is 42.5 Å². The van der Waals surface area contributed by atoms with Gasteiger partial charge in [0, 0.05) is 24.5 Å². The van der Waals surface area contributed by atoms with Crippen molar-refractivity contribution in [1.29, 1.82) is 0 Å². The van der Waals surface area contributed by atoms with Crippen LogP contribution >= 0.6 is 0 Å². The van der Waals surface area contributed by atoms with E-state index in [2.05, 4.69) is 61.2 Å². The number of piperidine rings is 1. The molecule has 4 rings (SSSR count). The number of nitrogens with zero attached hydrogens (tertiary/aromatic N) is 1. The third kappa shape index (κ3) is 1.64. The summed E-state index contributed by atoms with van der Waals surface area (Å²) in [5, 5.41) is 2.75. The van der Waals surface area contributed by atoms with E-state index in [4.69, 9.17) is 0 Å². The molecule has 0 spiro atoms. The van der Waals surface area contributed by atoms with Crippen molar-refractivity contribution in [2.45, 2.75) is 31.7 Å². The Hall–Kier alpha value is -1.34. The van der Waals surface area contributed by atoms with Gasteiger partial charge in [-0.1, -0.05) is 42.5 Å². The molecule has 1 heteroatoms. The van der Waals surface area contributed by atoms with Crippen molar-refractivity contribution in [2.75, 3.05) is 13.1 Å². The first-order valence-corrected chi connectivity index (χ1v) is 7.42. The van der Waals surface area contributed by atoms with Crippen LogP contribution in [0.5, 0.6) is 0 Å². The molecule has 19 heavy (non-hydrogen) atoms. The molecule has 2 aromatic carbocycles. The molecule has 0 radical (unpaired) electrons. The lowest BCUT2D eigenvalue weighted by atomic mass is 9.92. The second kappa shape index (κ2) is 3.83. The Labute approximate surface area is 115 Å². The summed E-state index contributed by atoms with van der Waals surface area (Å²) in [6, 6.07) is 16.5. The summed E-state index contributed by atoms with van der Waals surface area (Å²) in [7, 11) is 0. The van der Waals surface area contributed by atoms with Crippen LogP contribution in [0.15, 0.2) is 42.5 Å². The minimum atomic E-state index is 0.480. The van der Waals surface area contributed by atoms with Gasteiger partial charge in [-0.15, -0.1) is 0 Å². The van der Waals surface area contributed by atoms with E-state index in [1.54, 1.807) is 5.56 Å². The minimum Gasteiger partial charge on any atom is -0.300 e. The van der Waals surface area contributed by atoms with Gasteiger partial charge in [0.1, 0.15) is 0 Å². The molecule has 1 aliphatic carbocycles. The van der Waals surface area contributed by atoms with Gasteiger partial charge in [-0.2, -0.15) is 0 Å². The predicted octanol–water partition coefficient (Wildman–Crippen LogP) is 3.82. The SMILES string of the molecule is CC(C)N1C[C@H]2C[C@@]2(c2ccc3ccccc3c2)C1. The maximum absolute atomic E-state index is 2.64. The molecule has 2 fully saturated rings. The molecule has 0 amide bonds. The maximum Gasteiger partial charge on any atom is 0.0125 e. The van der Waals surface area contributed by atoms with Crippen molar-refractivity contribution < 1.29 is 0 Å². The van der Waals surface area contributed by atoms with Gasteiger partial charge >= 0.3 is 0 Å². The van der Waals surface area contributed by atoms with Gasteiger partial charge in [0.25, 0.3) is 0 Å². The van der Waals surface area contributed by atoms with E-state index in [9.17, 15) is 0 Å². The molecule has 98 valence electrons. The maximum atomic E-state index is 2.64. The zero-order valence-corrected chi connectivity index (χ0v) is 11.8. The second-order valence-electron chi connectivity index (χ2n) is 6.64. The van der Waals surface area contributed by atoms with Gasteiger partial charge in [0.15, 0.2) is 0 Å². The molecular formula is C18H21N. The average Bonchev–Trinajstić information content (AvgIpc) is 3.00. The second-order valence-corrected chi connectivity index (χ2v) is 6.64. The zero-order valence-electron chi connectivity index (χ0n) is 11.8. The van der Waals surface area contributed by atoms with Crippen LogP contribution in [0.1, 0.15) is 25.8 Å². The standard InChI is InChI=1S/C18H21N/c1-13(2)19-11-17-10-18(17,12-19)16-8-7-14-5-3-4-6-15(14)9-16/h3-9,13,17H,10-12H2,1-2H3/t17-,18+/m1/s1. The smallest absolute Gasteiger partial charge is 0.0125 e. The van der Waals surface area contributed by atoms with Crippen molar-refractivity contribution >= 4 is 10.8 Å². The summed E-state index contributed by atoms with van der Waals surface area (Å²) < 4.78 is 0. The third-order valence-corrected chi connectivity index (χ3v) is 5.23. The molecule has 1 saturated heterocycles. The summed E-state index contributed by atoms with van der Waals surface area (Å²) in [6.07, 6.45) is 1.40. The van der Waals surface area contributed by atoms with Crippen LogP contribution in [0.3, 0.4) is 0 Å². The van der Waals surface area contributed by atoms with Crippen LogP contribution < -0.4 is 0 Å². The summed E-state index contributed by atoms with van der Waals surface area (Å²) in [5.74, 6) is 0.899. The fourth-order valence-corrected chi connectivity index (χ4v) is 3.86. The van der Waals surface area contributed by atoms with Crippen molar-refractivity contribution in [2.24, 2.45) is 5.92 Å². The fraction of sp³-hybridized carbons (Fsp3) is 0.444. The van der Waals surface area contributed by atoms with Crippen LogP contribution in [0.4, 0.5) is 0 Å². The Kier molecular flexibility index (Phi) is 2.32. The molecule has 1 nitrogen and oxygen atoms in total. The number of hydrogen-bond donors (Lipinski definition) is 0. The Morgan fingerprint density at radius 3 is 2.63 bits per heavy atom. The van der Waals surface area contributed by atoms with Crippen LogP contribution in [-0.4, -0.2) is 24.0 Å². The predicted molar refractivity (Wildman–Crippen MR) is 80.4 cm³/mol. The Morgan fingerprint density at radius 1 is 1.11 bits per heavy atom. The quantitative estimate of drug-likeness (QED) is 0.784. The molecule has 0 N–H and O–H groups in total. The minimum absolute atomic E-state index is 0.480. The number of likely N-dealkylation sites (tertiary alicyclic amines) is 1. The number of benzene rings is 2. The van der Waals surface area contributed by atoms with E-state index < -0.39 is 0 Å².